The first-order valence-electron chi connectivity index (χ1n) is 13.5. The van der Waals surface area contributed by atoms with Crippen LogP contribution in [0, 0.1) is 5.92 Å². The summed E-state index contributed by atoms with van der Waals surface area (Å²) >= 11 is 0. The van der Waals surface area contributed by atoms with Gasteiger partial charge in [0.05, 0.1) is 7.11 Å². The Balaban J connectivity index is 1.53. The normalized spacial score (nSPS) is 17.5. The van der Waals surface area contributed by atoms with E-state index in [-0.39, 0.29) is 11.9 Å². The molecule has 1 heterocycles. The fourth-order valence-corrected chi connectivity index (χ4v) is 4.93. The van der Waals surface area contributed by atoms with Crippen LogP contribution in [0.1, 0.15) is 57.4 Å². The molecule has 3 rings (SSSR count). The Morgan fingerprint density at radius 2 is 1.86 bits per heavy atom. The van der Waals surface area contributed by atoms with Crippen LogP contribution in [0.15, 0.2) is 30.3 Å². The summed E-state index contributed by atoms with van der Waals surface area (Å²) in [6, 6.07) is 7.99. The molecule has 1 N–H and O–H groups in total. The van der Waals surface area contributed by atoms with Crippen molar-refractivity contribution >= 4 is 18.0 Å². The van der Waals surface area contributed by atoms with Gasteiger partial charge in [0.2, 0.25) is 5.91 Å². The lowest BCUT2D eigenvalue weighted by Crippen LogP contribution is -2.53. The number of para-hydroxylation sites is 1. The van der Waals surface area contributed by atoms with E-state index in [0.717, 1.165) is 89.1 Å². The quantitative estimate of drug-likeness (QED) is 0.477. The Morgan fingerprint density at radius 3 is 2.57 bits per heavy atom. The van der Waals surface area contributed by atoms with Gasteiger partial charge in [-0.25, -0.2) is 4.79 Å². The van der Waals surface area contributed by atoms with Crippen molar-refractivity contribution in [2.75, 3.05) is 59.5 Å². The number of methoxy groups -OCH3 is 1. The largest absolute Gasteiger partial charge is 0.496 e. The molecule has 1 aliphatic heterocycles. The van der Waals surface area contributed by atoms with Gasteiger partial charge in [0.25, 0.3) is 0 Å². The van der Waals surface area contributed by atoms with Crippen LogP contribution < -0.4 is 10.1 Å². The molecule has 7 heteroatoms. The standard InChI is InChI=1S/C28H44N4O3/c1-3-4-16-29-28(34)32-22-19-30(20-23-32)18-21-31(27(33)25-12-6-5-7-13-25)17-10-14-24-11-8-9-15-26(24)35-2/h8-11,14-15,25H,3-7,12-13,16-23H2,1-2H3,(H,29,34)/b14-10+. The van der Waals surface area contributed by atoms with Crippen LogP contribution in [0.25, 0.3) is 6.08 Å². The molecule has 0 spiro atoms. The van der Waals surface area contributed by atoms with E-state index in [4.69, 9.17) is 4.74 Å². The number of ether oxygens (including phenoxy) is 1. The van der Waals surface area contributed by atoms with Gasteiger partial charge >= 0.3 is 6.03 Å². The number of urea groups is 1. The lowest BCUT2D eigenvalue weighted by Gasteiger charge is -2.36. The van der Waals surface area contributed by atoms with Gasteiger partial charge in [-0.05, 0) is 25.3 Å². The number of benzene rings is 1. The van der Waals surface area contributed by atoms with Gasteiger partial charge in [0.15, 0.2) is 0 Å². The zero-order chi connectivity index (χ0) is 24.9. The summed E-state index contributed by atoms with van der Waals surface area (Å²) in [5.41, 5.74) is 1.02. The summed E-state index contributed by atoms with van der Waals surface area (Å²) in [6.07, 6.45) is 11.8. The van der Waals surface area contributed by atoms with Gasteiger partial charge in [-0.1, -0.05) is 63.0 Å². The minimum atomic E-state index is 0.0497. The van der Waals surface area contributed by atoms with E-state index >= 15 is 0 Å². The highest BCUT2D eigenvalue weighted by Gasteiger charge is 2.26. The van der Waals surface area contributed by atoms with Crippen LogP contribution in [-0.2, 0) is 4.79 Å². The average Bonchev–Trinajstić information content (AvgIpc) is 2.91. The Kier molecular flexibility index (Phi) is 11.4. The van der Waals surface area contributed by atoms with Crippen molar-refractivity contribution < 1.29 is 14.3 Å². The third kappa shape index (κ3) is 8.57. The first-order valence-corrected chi connectivity index (χ1v) is 13.5. The highest BCUT2D eigenvalue weighted by Crippen LogP contribution is 2.26. The molecular formula is C28H44N4O3. The molecule has 2 aliphatic rings. The van der Waals surface area contributed by atoms with Crippen LogP contribution in [0.5, 0.6) is 5.75 Å². The molecule has 0 bridgehead atoms. The fourth-order valence-electron chi connectivity index (χ4n) is 4.93. The van der Waals surface area contributed by atoms with Crippen LogP contribution in [-0.4, -0.2) is 86.1 Å². The maximum absolute atomic E-state index is 13.4. The Bertz CT molecular complexity index is 814. The maximum Gasteiger partial charge on any atom is 0.317 e. The van der Waals surface area contributed by atoms with E-state index in [1.807, 2.05) is 34.1 Å². The second-order valence-corrected chi connectivity index (χ2v) is 9.68. The van der Waals surface area contributed by atoms with Gasteiger partial charge in [-0.3, -0.25) is 9.69 Å². The molecule has 3 amide bonds. The van der Waals surface area contributed by atoms with Gasteiger partial charge in [-0.15, -0.1) is 0 Å². The molecule has 35 heavy (non-hydrogen) atoms. The second kappa shape index (κ2) is 14.8. The summed E-state index contributed by atoms with van der Waals surface area (Å²) in [4.78, 5) is 32.0. The number of unbranched alkanes of at least 4 members (excludes halogenated alkanes) is 1. The molecule has 0 aromatic heterocycles. The number of nitrogens with zero attached hydrogens (tertiary/aromatic N) is 3. The topological polar surface area (TPSA) is 65.1 Å². The predicted octanol–water partition coefficient (Wildman–Crippen LogP) is 4.24. The zero-order valence-corrected chi connectivity index (χ0v) is 21.7. The molecule has 1 saturated carbocycles. The van der Waals surface area contributed by atoms with Gasteiger partial charge in [0.1, 0.15) is 5.75 Å². The Labute approximate surface area is 211 Å². The van der Waals surface area contributed by atoms with Crippen molar-refractivity contribution in [3.8, 4) is 5.75 Å². The van der Waals surface area contributed by atoms with Crippen molar-refractivity contribution in [1.82, 2.24) is 20.0 Å². The molecule has 1 aliphatic carbocycles. The predicted molar refractivity (Wildman–Crippen MR) is 142 cm³/mol. The number of piperazine rings is 1. The van der Waals surface area contributed by atoms with E-state index in [1.165, 1.54) is 6.42 Å². The summed E-state index contributed by atoms with van der Waals surface area (Å²) in [6.45, 7) is 8.21. The van der Waals surface area contributed by atoms with Gasteiger partial charge < -0.3 is 19.9 Å². The minimum absolute atomic E-state index is 0.0497. The first-order chi connectivity index (χ1) is 17.1. The minimum Gasteiger partial charge on any atom is -0.496 e. The van der Waals surface area contributed by atoms with E-state index in [1.54, 1.807) is 7.11 Å². The van der Waals surface area contributed by atoms with Crippen LogP contribution in [0.4, 0.5) is 4.79 Å². The van der Waals surface area contributed by atoms with E-state index in [2.05, 4.69) is 29.3 Å². The summed E-state index contributed by atoms with van der Waals surface area (Å²) in [7, 11) is 1.68. The van der Waals surface area contributed by atoms with Crippen LogP contribution >= 0.6 is 0 Å². The molecule has 194 valence electrons. The SMILES string of the molecule is CCCCNC(=O)N1CCN(CCN(C/C=C/c2ccccc2OC)C(=O)C2CCCCC2)CC1. The first kappa shape index (κ1) is 27.1. The molecule has 0 unspecified atom stereocenters. The lowest BCUT2D eigenvalue weighted by molar-refractivity contribution is -0.136. The van der Waals surface area contributed by atoms with Crippen molar-refractivity contribution in [3.63, 3.8) is 0 Å². The third-order valence-electron chi connectivity index (χ3n) is 7.18. The average molecular weight is 485 g/mol. The Morgan fingerprint density at radius 1 is 1.11 bits per heavy atom. The number of amides is 3. The van der Waals surface area contributed by atoms with Crippen molar-refractivity contribution in [3.05, 3.63) is 35.9 Å². The molecule has 1 aromatic carbocycles. The molecule has 1 saturated heterocycles. The molecule has 0 radical (unpaired) electrons. The highest BCUT2D eigenvalue weighted by atomic mass is 16.5. The monoisotopic (exact) mass is 484 g/mol. The maximum atomic E-state index is 13.4. The van der Waals surface area contributed by atoms with Gasteiger partial charge in [-0.2, -0.15) is 0 Å². The van der Waals surface area contributed by atoms with Crippen LogP contribution in [0.3, 0.4) is 0 Å². The number of nitrogens with one attached hydrogen (secondary N) is 1. The lowest BCUT2D eigenvalue weighted by atomic mass is 9.88. The Hall–Kier alpha value is -2.54. The molecule has 0 atom stereocenters. The fraction of sp³-hybridized carbons (Fsp3) is 0.643. The van der Waals surface area contributed by atoms with Crippen molar-refractivity contribution in [2.24, 2.45) is 5.92 Å². The number of carbonyl (C=O) groups is 2. The summed E-state index contributed by atoms with van der Waals surface area (Å²) in [5, 5.41) is 3.01. The smallest absolute Gasteiger partial charge is 0.317 e. The molecule has 2 fully saturated rings. The van der Waals surface area contributed by atoms with E-state index in [9.17, 15) is 9.59 Å². The number of hydrogen-bond donors (Lipinski definition) is 1. The number of carbonyl (C=O) groups excluding carboxylic acids is 2. The van der Waals surface area contributed by atoms with E-state index in [0.29, 0.717) is 19.0 Å². The molecular weight excluding hydrogens is 440 g/mol. The summed E-state index contributed by atoms with van der Waals surface area (Å²) < 4.78 is 5.45. The number of rotatable bonds is 11. The number of hydrogen-bond acceptors (Lipinski definition) is 4. The van der Waals surface area contributed by atoms with Gasteiger partial charge in [0, 0.05) is 63.8 Å². The highest BCUT2D eigenvalue weighted by molar-refractivity contribution is 5.79. The van der Waals surface area contributed by atoms with Crippen molar-refractivity contribution in [2.45, 2.75) is 51.9 Å². The van der Waals surface area contributed by atoms with Crippen molar-refractivity contribution in [1.29, 1.82) is 0 Å². The molecule has 1 aromatic rings. The van der Waals surface area contributed by atoms with Crippen LogP contribution in [0.2, 0.25) is 0 Å². The zero-order valence-electron chi connectivity index (χ0n) is 21.7. The second-order valence-electron chi connectivity index (χ2n) is 9.68. The summed E-state index contributed by atoms with van der Waals surface area (Å²) in [5.74, 6) is 1.29. The molecule has 7 nitrogen and oxygen atoms in total. The van der Waals surface area contributed by atoms with E-state index < -0.39 is 0 Å². The third-order valence-corrected chi connectivity index (χ3v) is 7.18.